The number of carbonyl (C=O) groups is 1. The molecule has 1 aliphatic heterocycles. The third-order valence-corrected chi connectivity index (χ3v) is 3.57. The number of aromatic nitrogens is 2. The van der Waals surface area contributed by atoms with Gasteiger partial charge in [0.1, 0.15) is 11.5 Å². The summed E-state index contributed by atoms with van der Waals surface area (Å²) in [6, 6.07) is 1.73. The number of aryl methyl sites for hydroxylation is 2. The fraction of sp³-hybridized carbons (Fsp3) is 0.400. The second-order valence-electron chi connectivity index (χ2n) is 5.25. The topological polar surface area (TPSA) is 71.3 Å². The Labute approximate surface area is 123 Å². The minimum absolute atomic E-state index is 0.207. The Morgan fingerprint density at radius 3 is 2.48 bits per heavy atom. The van der Waals surface area contributed by atoms with Crippen LogP contribution in [0.1, 0.15) is 34.7 Å². The maximum absolute atomic E-state index is 12.2. The van der Waals surface area contributed by atoms with Crippen LogP contribution in [0.4, 0.5) is 11.6 Å². The summed E-state index contributed by atoms with van der Waals surface area (Å²) in [5, 5.41) is 2.79. The molecule has 1 fully saturated rings. The Balaban J connectivity index is 1.70. The molecule has 0 unspecified atom stereocenters. The predicted molar refractivity (Wildman–Crippen MR) is 79.6 cm³/mol. The molecule has 0 bridgehead atoms. The molecule has 6 heteroatoms. The number of anilines is 2. The number of nitrogens with zero attached hydrogens (tertiary/aromatic N) is 3. The van der Waals surface area contributed by atoms with E-state index in [2.05, 4.69) is 20.2 Å². The van der Waals surface area contributed by atoms with E-state index in [1.165, 1.54) is 12.8 Å². The monoisotopic (exact) mass is 286 g/mol. The van der Waals surface area contributed by atoms with Crippen molar-refractivity contribution < 1.29 is 9.21 Å². The number of furan rings is 1. The molecule has 0 spiro atoms. The average Bonchev–Trinajstić information content (AvgIpc) is 3.09. The Kier molecular flexibility index (Phi) is 3.60. The Morgan fingerprint density at radius 1 is 1.24 bits per heavy atom. The zero-order valence-corrected chi connectivity index (χ0v) is 12.2. The van der Waals surface area contributed by atoms with Crippen LogP contribution in [0, 0.1) is 13.8 Å². The first-order valence-electron chi connectivity index (χ1n) is 7.09. The van der Waals surface area contributed by atoms with Crippen molar-refractivity contribution in [3.05, 3.63) is 35.5 Å². The molecule has 3 rings (SSSR count). The van der Waals surface area contributed by atoms with Gasteiger partial charge in [0.2, 0.25) is 5.95 Å². The Bertz CT molecular complexity index is 642. The quantitative estimate of drug-likeness (QED) is 0.938. The van der Waals surface area contributed by atoms with Crippen LogP contribution in [0.25, 0.3) is 0 Å². The molecule has 1 aliphatic rings. The van der Waals surface area contributed by atoms with E-state index in [1.54, 1.807) is 25.4 Å². The molecule has 1 amide bonds. The van der Waals surface area contributed by atoms with Crippen LogP contribution in [0.3, 0.4) is 0 Å². The molecule has 110 valence electrons. The van der Waals surface area contributed by atoms with Gasteiger partial charge in [0.15, 0.2) is 0 Å². The van der Waals surface area contributed by atoms with Crippen molar-refractivity contribution in [2.75, 3.05) is 23.3 Å². The van der Waals surface area contributed by atoms with Crippen LogP contribution in [-0.4, -0.2) is 29.0 Å². The molecule has 0 radical (unpaired) electrons. The van der Waals surface area contributed by atoms with E-state index in [-0.39, 0.29) is 5.91 Å². The molecule has 0 saturated carbocycles. The summed E-state index contributed by atoms with van der Waals surface area (Å²) in [5.74, 6) is 1.85. The van der Waals surface area contributed by atoms with Gasteiger partial charge in [-0.2, -0.15) is 0 Å². The van der Waals surface area contributed by atoms with Gasteiger partial charge >= 0.3 is 0 Å². The van der Waals surface area contributed by atoms with E-state index in [0.29, 0.717) is 17.0 Å². The van der Waals surface area contributed by atoms with Crippen molar-refractivity contribution in [3.63, 3.8) is 0 Å². The number of rotatable bonds is 3. The lowest BCUT2D eigenvalue weighted by Crippen LogP contribution is -2.20. The highest BCUT2D eigenvalue weighted by Gasteiger charge is 2.16. The fourth-order valence-electron chi connectivity index (χ4n) is 2.52. The molecular weight excluding hydrogens is 268 g/mol. The normalized spacial score (nSPS) is 14.5. The standard InChI is InChI=1S/C15H18N4O2/c1-10-7-13(11(2)21-10)14(20)18-12-8-16-15(17-9-12)19-5-3-4-6-19/h7-9H,3-6H2,1-2H3,(H,18,20). The van der Waals surface area contributed by atoms with Crippen LogP contribution in [0.5, 0.6) is 0 Å². The summed E-state index contributed by atoms with van der Waals surface area (Å²) in [6.07, 6.45) is 5.64. The third kappa shape index (κ3) is 2.89. The maximum Gasteiger partial charge on any atom is 0.259 e. The van der Waals surface area contributed by atoms with Crippen molar-refractivity contribution in [2.45, 2.75) is 26.7 Å². The second-order valence-corrected chi connectivity index (χ2v) is 5.25. The van der Waals surface area contributed by atoms with Gasteiger partial charge in [-0.05, 0) is 32.8 Å². The van der Waals surface area contributed by atoms with Crippen molar-refractivity contribution in [1.29, 1.82) is 0 Å². The van der Waals surface area contributed by atoms with Gasteiger partial charge in [-0.3, -0.25) is 4.79 Å². The van der Waals surface area contributed by atoms with E-state index in [1.807, 2.05) is 6.92 Å². The second kappa shape index (κ2) is 5.55. The van der Waals surface area contributed by atoms with Crippen molar-refractivity contribution in [2.24, 2.45) is 0 Å². The van der Waals surface area contributed by atoms with Gasteiger partial charge in [-0.1, -0.05) is 0 Å². The summed E-state index contributed by atoms with van der Waals surface area (Å²) < 4.78 is 5.36. The molecular formula is C15H18N4O2. The maximum atomic E-state index is 12.2. The molecule has 21 heavy (non-hydrogen) atoms. The van der Waals surface area contributed by atoms with Gasteiger partial charge in [0.25, 0.3) is 5.91 Å². The summed E-state index contributed by atoms with van der Waals surface area (Å²) in [6.45, 7) is 5.59. The Hall–Kier alpha value is -2.37. The van der Waals surface area contributed by atoms with Gasteiger partial charge in [0, 0.05) is 13.1 Å². The van der Waals surface area contributed by atoms with Crippen LogP contribution < -0.4 is 10.2 Å². The smallest absolute Gasteiger partial charge is 0.259 e. The van der Waals surface area contributed by atoms with Crippen LogP contribution in [0.15, 0.2) is 22.9 Å². The molecule has 0 aliphatic carbocycles. The van der Waals surface area contributed by atoms with E-state index in [9.17, 15) is 4.79 Å². The average molecular weight is 286 g/mol. The zero-order valence-electron chi connectivity index (χ0n) is 12.2. The molecule has 3 heterocycles. The van der Waals surface area contributed by atoms with Crippen molar-refractivity contribution >= 4 is 17.5 Å². The summed E-state index contributed by atoms with van der Waals surface area (Å²) in [4.78, 5) is 22.9. The fourth-order valence-corrected chi connectivity index (χ4v) is 2.52. The summed E-state index contributed by atoms with van der Waals surface area (Å²) in [7, 11) is 0. The van der Waals surface area contributed by atoms with Gasteiger partial charge in [-0.15, -0.1) is 0 Å². The van der Waals surface area contributed by atoms with Crippen molar-refractivity contribution in [3.8, 4) is 0 Å². The minimum atomic E-state index is -0.207. The molecule has 1 saturated heterocycles. The minimum Gasteiger partial charge on any atom is -0.466 e. The third-order valence-electron chi connectivity index (χ3n) is 3.57. The van der Waals surface area contributed by atoms with Crippen molar-refractivity contribution in [1.82, 2.24) is 9.97 Å². The number of amides is 1. The Morgan fingerprint density at radius 2 is 1.90 bits per heavy atom. The largest absolute Gasteiger partial charge is 0.466 e. The highest BCUT2D eigenvalue weighted by atomic mass is 16.3. The number of carbonyl (C=O) groups excluding carboxylic acids is 1. The van der Waals surface area contributed by atoms with E-state index >= 15 is 0 Å². The molecule has 6 nitrogen and oxygen atoms in total. The van der Waals surface area contributed by atoms with Crippen LogP contribution in [-0.2, 0) is 0 Å². The number of hydrogen-bond donors (Lipinski definition) is 1. The summed E-state index contributed by atoms with van der Waals surface area (Å²) in [5.41, 5.74) is 1.12. The molecule has 0 atom stereocenters. The summed E-state index contributed by atoms with van der Waals surface area (Å²) >= 11 is 0. The number of hydrogen-bond acceptors (Lipinski definition) is 5. The lowest BCUT2D eigenvalue weighted by atomic mass is 10.2. The SMILES string of the molecule is Cc1cc(C(=O)Nc2cnc(N3CCCC3)nc2)c(C)o1. The lowest BCUT2D eigenvalue weighted by Gasteiger charge is -2.14. The number of nitrogens with one attached hydrogen (secondary N) is 1. The first-order chi connectivity index (χ1) is 10.1. The van der Waals surface area contributed by atoms with Crippen LogP contribution in [0.2, 0.25) is 0 Å². The lowest BCUT2D eigenvalue weighted by molar-refractivity contribution is 0.102. The van der Waals surface area contributed by atoms with Gasteiger partial charge in [0.05, 0.1) is 23.6 Å². The zero-order chi connectivity index (χ0) is 14.8. The van der Waals surface area contributed by atoms with E-state index in [0.717, 1.165) is 24.8 Å². The first kappa shape index (κ1) is 13.6. The highest BCUT2D eigenvalue weighted by Crippen LogP contribution is 2.18. The molecule has 1 N–H and O–H groups in total. The van der Waals surface area contributed by atoms with Crippen LogP contribution >= 0.6 is 0 Å². The van der Waals surface area contributed by atoms with Gasteiger partial charge in [-0.25, -0.2) is 9.97 Å². The van der Waals surface area contributed by atoms with E-state index in [4.69, 9.17) is 4.42 Å². The first-order valence-corrected chi connectivity index (χ1v) is 7.09. The highest BCUT2D eigenvalue weighted by molar-refractivity contribution is 6.04. The van der Waals surface area contributed by atoms with Gasteiger partial charge < -0.3 is 14.6 Å². The molecule has 2 aromatic rings. The molecule has 0 aromatic carbocycles. The molecule has 2 aromatic heterocycles. The van der Waals surface area contributed by atoms with E-state index < -0.39 is 0 Å². The predicted octanol–water partition coefficient (Wildman–Crippen LogP) is 2.54.